The molecule has 0 saturated heterocycles. The minimum Gasteiger partial charge on any atom is -0.354 e. The molecule has 2 N–H and O–H groups in total. The molecule has 5 heteroatoms. The number of hydrogen-bond donors (Lipinski definition) is 2. The fourth-order valence-corrected chi connectivity index (χ4v) is 2.31. The topological polar surface area (TPSA) is 58.2 Å². The third-order valence-corrected chi connectivity index (χ3v) is 3.85. The maximum absolute atomic E-state index is 11.9. The third-order valence-electron chi connectivity index (χ3n) is 3.60. The highest BCUT2D eigenvalue weighted by molar-refractivity contribution is 6.30. The maximum atomic E-state index is 11.9. The van der Waals surface area contributed by atoms with Crippen molar-refractivity contribution in [3.05, 3.63) is 70.2 Å². The smallest absolute Gasteiger partial charge is 0.251 e. The van der Waals surface area contributed by atoms with Crippen molar-refractivity contribution in [2.24, 2.45) is 0 Å². The van der Waals surface area contributed by atoms with Crippen LogP contribution in [0.3, 0.4) is 0 Å². The number of nitrogens with one attached hydrogen (secondary N) is 2. The van der Waals surface area contributed by atoms with Gasteiger partial charge >= 0.3 is 0 Å². The van der Waals surface area contributed by atoms with Crippen LogP contribution in [0.2, 0.25) is 5.02 Å². The van der Waals surface area contributed by atoms with Gasteiger partial charge in [0.05, 0.1) is 0 Å². The van der Waals surface area contributed by atoms with Gasteiger partial charge in [0.2, 0.25) is 5.91 Å². The monoisotopic (exact) mass is 344 g/mol. The average molecular weight is 345 g/mol. The van der Waals surface area contributed by atoms with E-state index in [2.05, 4.69) is 10.6 Å². The summed E-state index contributed by atoms with van der Waals surface area (Å²) >= 11 is 5.82. The number of aryl methyl sites for hydroxylation is 2. The predicted octanol–water partition coefficient (Wildman–Crippen LogP) is 3.13. The van der Waals surface area contributed by atoms with Gasteiger partial charge in [0.15, 0.2) is 0 Å². The van der Waals surface area contributed by atoms with Crippen molar-refractivity contribution in [1.82, 2.24) is 10.6 Å². The first-order chi connectivity index (χ1) is 11.5. The van der Waals surface area contributed by atoms with Gasteiger partial charge in [0.1, 0.15) is 0 Å². The van der Waals surface area contributed by atoms with Gasteiger partial charge in [-0.05, 0) is 43.2 Å². The first kappa shape index (κ1) is 18.0. The molecule has 0 unspecified atom stereocenters. The van der Waals surface area contributed by atoms with Gasteiger partial charge in [-0.3, -0.25) is 9.59 Å². The van der Waals surface area contributed by atoms with Crippen LogP contribution in [-0.4, -0.2) is 24.9 Å². The summed E-state index contributed by atoms with van der Waals surface area (Å²) in [5.74, 6) is -0.167. The molecule has 4 nitrogen and oxygen atoms in total. The Labute approximate surface area is 147 Å². The van der Waals surface area contributed by atoms with E-state index in [0.717, 1.165) is 11.1 Å². The zero-order valence-electron chi connectivity index (χ0n) is 13.6. The van der Waals surface area contributed by atoms with Crippen molar-refractivity contribution < 1.29 is 9.59 Å². The van der Waals surface area contributed by atoms with Crippen LogP contribution < -0.4 is 10.6 Å². The van der Waals surface area contributed by atoms with Gasteiger partial charge in [-0.1, -0.05) is 41.4 Å². The van der Waals surface area contributed by atoms with E-state index in [0.29, 0.717) is 36.5 Å². The van der Waals surface area contributed by atoms with Crippen molar-refractivity contribution >= 4 is 23.4 Å². The first-order valence-electron chi connectivity index (χ1n) is 7.90. The van der Waals surface area contributed by atoms with Crippen LogP contribution in [0, 0.1) is 6.92 Å². The van der Waals surface area contributed by atoms with Crippen LogP contribution >= 0.6 is 11.6 Å². The van der Waals surface area contributed by atoms with Gasteiger partial charge in [0.25, 0.3) is 5.91 Å². The molecule has 2 rings (SSSR count). The van der Waals surface area contributed by atoms with Crippen molar-refractivity contribution in [3.63, 3.8) is 0 Å². The Kier molecular flexibility index (Phi) is 6.82. The summed E-state index contributed by atoms with van der Waals surface area (Å²) in [5.41, 5.74) is 2.80. The van der Waals surface area contributed by atoms with Gasteiger partial charge in [-0.15, -0.1) is 0 Å². The van der Waals surface area contributed by atoms with E-state index < -0.39 is 0 Å². The summed E-state index contributed by atoms with van der Waals surface area (Å²) in [6, 6.07) is 14.8. The number of rotatable bonds is 7. The fourth-order valence-electron chi connectivity index (χ4n) is 2.18. The summed E-state index contributed by atoms with van der Waals surface area (Å²) in [7, 11) is 0. The molecule has 0 aliphatic rings. The van der Waals surface area contributed by atoms with Gasteiger partial charge < -0.3 is 10.6 Å². The Morgan fingerprint density at radius 1 is 0.917 bits per heavy atom. The maximum Gasteiger partial charge on any atom is 0.251 e. The zero-order valence-corrected chi connectivity index (χ0v) is 14.4. The Morgan fingerprint density at radius 3 is 2.21 bits per heavy atom. The van der Waals surface area contributed by atoms with Crippen LogP contribution in [-0.2, 0) is 11.2 Å². The summed E-state index contributed by atoms with van der Waals surface area (Å²) in [5, 5.41) is 6.27. The highest BCUT2D eigenvalue weighted by Gasteiger charge is 2.05. The van der Waals surface area contributed by atoms with Crippen molar-refractivity contribution in [3.8, 4) is 0 Å². The van der Waals surface area contributed by atoms with Crippen LogP contribution in [0.25, 0.3) is 0 Å². The highest BCUT2D eigenvalue weighted by atomic mass is 35.5. The molecule has 0 bridgehead atoms. The van der Waals surface area contributed by atoms with E-state index in [1.54, 1.807) is 12.1 Å². The average Bonchev–Trinajstić information content (AvgIpc) is 2.58. The molecule has 0 atom stereocenters. The lowest BCUT2D eigenvalue weighted by Gasteiger charge is -2.07. The second-order valence-corrected chi connectivity index (χ2v) is 6.03. The molecule has 0 fully saturated rings. The molecule has 0 aliphatic carbocycles. The largest absolute Gasteiger partial charge is 0.354 e. The summed E-state index contributed by atoms with van der Waals surface area (Å²) in [6.45, 7) is 2.79. The minimum absolute atomic E-state index is 0.0328. The van der Waals surface area contributed by atoms with Gasteiger partial charge in [-0.2, -0.15) is 0 Å². The molecule has 2 amide bonds. The Balaban J connectivity index is 1.63. The molecule has 0 spiro atoms. The van der Waals surface area contributed by atoms with E-state index in [9.17, 15) is 9.59 Å². The second kappa shape index (κ2) is 9.08. The Bertz CT molecular complexity index is 682. The van der Waals surface area contributed by atoms with E-state index >= 15 is 0 Å². The zero-order chi connectivity index (χ0) is 17.4. The number of amides is 2. The molecule has 0 saturated carbocycles. The Morgan fingerprint density at radius 2 is 1.54 bits per heavy atom. The molecular formula is C19H21ClN2O2. The quantitative estimate of drug-likeness (QED) is 0.758. The predicted molar refractivity (Wildman–Crippen MR) is 96.3 cm³/mol. The van der Waals surface area contributed by atoms with Crippen LogP contribution in [0.1, 0.15) is 27.9 Å². The minimum atomic E-state index is -0.134. The van der Waals surface area contributed by atoms with E-state index in [1.807, 2.05) is 43.3 Å². The SMILES string of the molecule is Cc1ccc(C(=O)NCCNC(=O)CCc2ccc(Cl)cc2)cc1. The number of halogens is 1. The number of carbonyl (C=O) groups is 2. The lowest BCUT2D eigenvalue weighted by molar-refractivity contribution is -0.121. The van der Waals surface area contributed by atoms with Crippen molar-refractivity contribution in [2.45, 2.75) is 19.8 Å². The van der Waals surface area contributed by atoms with E-state index in [1.165, 1.54) is 0 Å². The molecular weight excluding hydrogens is 324 g/mol. The standard InChI is InChI=1S/C19H21ClN2O2/c1-14-2-7-16(8-3-14)19(24)22-13-12-21-18(23)11-6-15-4-9-17(20)10-5-15/h2-5,7-10H,6,11-13H2,1H3,(H,21,23)(H,22,24). The van der Waals surface area contributed by atoms with Gasteiger partial charge in [0, 0.05) is 30.1 Å². The highest BCUT2D eigenvalue weighted by Crippen LogP contribution is 2.10. The molecule has 0 heterocycles. The summed E-state index contributed by atoms with van der Waals surface area (Å²) in [4.78, 5) is 23.7. The number of benzene rings is 2. The number of carbonyl (C=O) groups excluding carboxylic acids is 2. The van der Waals surface area contributed by atoms with Crippen LogP contribution in [0.5, 0.6) is 0 Å². The lowest BCUT2D eigenvalue weighted by atomic mass is 10.1. The molecule has 2 aromatic rings. The van der Waals surface area contributed by atoms with E-state index in [-0.39, 0.29) is 11.8 Å². The van der Waals surface area contributed by atoms with Crippen molar-refractivity contribution in [2.75, 3.05) is 13.1 Å². The molecule has 0 aliphatic heterocycles. The van der Waals surface area contributed by atoms with Crippen LogP contribution in [0.4, 0.5) is 0 Å². The number of hydrogen-bond acceptors (Lipinski definition) is 2. The van der Waals surface area contributed by atoms with Crippen LogP contribution in [0.15, 0.2) is 48.5 Å². The fraction of sp³-hybridized carbons (Fsp3) is 0.263. The normalized spacial score (nSPS) is 10.2. The first-order valence-corrected chi connectivity index (χ1v) is 8.28. The molecule has 0 radical (unpaired) electrons. The third kappa shape index (κ3) is 6.05. The molecule has 2 aromatic carbocycles. The summed E-state index contributed by atoms with van der Waals surface area (Å²) in [6.07, 6.45) is 1.08. The summed E-state index contributed by atoms with van der Waals surface area (Å²) < 4.78 is 0. The molecule has 24 heavy (non-hydrogen) atoms. The van der Waals surface area contributed by atoms with Gasteiger partial charge in [-0.25, -0.2) is 0 Å². The molecule has 0 aromatic heterocycles. The van der Waals surface area contributed by atoms with Crippen molar-refractivity contribution in [1.29, 1.82) is 0 Å². The van der Waals surface area contributed by atoms with E-state index in [4.69, 9.17) is 11.6 Å². The molecule has 126 valence electrons. The second-order valence-electron chi connectivity index (χ2n) is 5.60. The Hall–Kier alpha value is -2.33. The lowest BCUT2D eigenvalue weighted by Crippen LogP contribution is -2.34.